The fourth-order valence-corrected chi connectivity index (χ4v) is 2.60. The molecular weight excluding hydrogens is 210 g/mol. The SMILES string of the molecule is CCN(CC)CCNC(C)CN1CCCCC1. The van der Waals surface area contributed by atoms with Gasteiger partial charge in [0.1, 0.15) is 0 Å². The minimum Gasteiger partial charge on any atom is -0.312 e. The zero-order valence-corrected chi connectivity index (χ0v) is 12.0. The number of likely N-dealkylation sites (tertiary alicyclic amines) is 1. The Labute approximate surface area is 108 Å². The van der Waals surface area contributed by atoms with Crippen LogP contribution in [-0.2, 0) is 0 Å². The molecule has 0 amide bonds. The zero-order chi connectivity index (χ0) is 12.5. The van der Waals surface area contributed by atoms with E-state index in [0.29, 0.717) is 6.04 Å². The van der Waals surface area contributed by atoms with Gasteiger partial charge in [-0.3, -0.25) is 0 Å². The first-order valence-electron chi connectivity index (χ1n) is 7.44. The van der Waals surface area contributed by atoms with E-state index >= 15 is 0 Å². The number of nitrogens with one attached hydrogen (secondary N) is 1. The van der Waals surface area contributed by atoms with Crippen molar-refractivity contribution in [1.82, 2.24) is 15.1 Å². The largest absolute Gasteiger partial charge is 0.312 e. The molecule has 1 fully saturated rings. The van der Waals surface area contributed by atoms with Crippen LogP contribution in [0.25, 0.3) is 0 Å². The highest BCUT2D eigenvalue weighted by Crippen LogP contribution is 2.08. The summed E-state index contributed by atoms with van der Waals surface area (Å²) >= 11 is 0. The highest BCUT2D eigenvalue weighted by Gasteiger charge is 2.12. The van der Waals surface area contributed by atoms with Crippen LogP contribution < -0.4 is 5.32 Å². The van der Waals surface area contributed by atoms with E-state index in [1.165, 1.54) is 58.5 Å². The van der Waals surface area contributed by atoms with E-state index < -0.39 is 0 Å². The van der Waals surface area contributed by atoms with Gasteiger partial charge in [0.15, 0.2) is 0 Å². The van der Waals surface area contributed by atoms with Crippen LogP contribution in [0.3, 0.4) is 0 Å². The van der Waals surface area contributed by atoms with Gasteiger partial charge in [-0.1, -0.05) is 20.3 Å². The van der Waals surface area contributed by atoms with E-state index in [1.807, 2.05) is 0 Å². The molecule has 1 aliphatic heterocycles. The summed E-state index contributed by atoms with van der Waals surface area (Å²) in [5.74, 6) is 0. The maximum Gasteiger partial charge on any atom is 0.0167 e. The second kappa shape index (κ2) is 8.90. The van der Waals surface area contributed by atoms with Gasteiger partial charge in [-0.25, -0.2) is 0 Å². The molecule has 1 aliphatic rings. The molecule has 102 valence electrons. The number of hydrogen-bond donors (Lipinski definition) is 1. The van der Waals surface area contributed by atoms with E-state index in [4.69, 9.17) is 0 Å². The van der Waals surface area contributed by atoms with E-state index in [-0.39, 0.29) is 0 Å². The van der Waals surface area contributed by atoms with Gasteiger partial charge < -0.3 is 15.1 Å². The lowest BCUT2D eigenvalue weighted by Crippen LogP contribution is -2.43. The summed E-state index contributed by atoms with van der Waals surface area (Å²) in [6.45, 7) is 15.3. The summed E-state index contributed by atoms with van der Waals surface area (Å²) in [7, 11) is 0. The van der Waals surface area contributed by atoms with Gasteiger partial charge in [-0.05, 0) is 45.9 Å². The Morgan fingerprint density at radius 2 is 1.76 bits per heavy atom. The van der Waals surface area contributed by atoms with Crippen LogP contribution >= 0.6 is 0 Å². The Hall–Kier alpha value is -0.120. The lowest BCUT2D eigenvalue weighted by molar-refractivity contribution is 0.206. The highest BCUT2D eigenvalue weighted by atomic mass is 15.2. The molecule has 0 saturated carbocycles. The summed E-state index contributed by atoms with van der Waals surface area (Å²) < 4.78 is 0. The first-order valence-corrected chi connectivity index (χ1v) is 7.44. The summed E-state index contributed by atoms with van der Waals surface area (Å²) in [6, 6.07) is 0.628. The third kappa shape index (κ3) is 6.39. The lowest BCUT2D eigenvalue weighted by atomic mass is 10.1. The van der Waals surface area contributed by atoms with Crippen LogP contribution in [0.1, 0.15) is 40.0 Å². The van der Waals surface area contributed by atoms with Gasteiger partial charge in [0.05, 0.1) is 0 Å². The first-order chi connectivity index (χ1) is 8.26. The molecule has 17 heavy (non-hydrogen) atoms. The summed E-state index contributed by atoms with van der Waals surface area (Å²) in [6.07, 6.45) is 4.22. The lowest BCUT2D eigenvalue weighted by Gasteiger charge is -2.29. The van der Waals surface area contributed by atoms with Gasteiger partial charge in [0.25, 0.3) is 0 Å². The summed E-state index contributed by atoms with van der Waals surface area (Å²) in [5, 5.41) is 3.65. The third-order valence-electron chi connectivity index (χ3n) is 3.80. The predicted molar refractivity (Wildman–Crippen MR) is 75.5 cm³/mol. The Balaban J connectivity index is 2.05. The minimum atomic E-state index is 0.628. The minimum absolute atomic E-state index is 0.628. The number of rotatable bonds is 8. The van der Waals surface area contributed by atoms with Crippen molar-refractivity contribution in [1.29, 1.82) is 0 Å². The third-order valence-corrected chi connectivity index (χ3v) is 3.80. The van der Waals surface area contributed by atoms with Gasteiger partial charge in [-0.15, -0.1) is 0 Å². The first kappa shape index (κ1) is 14.9. The van der Waals surface area contributed by atoms with Crippen molar-refractivity contribution in [3.05, 3.63) is 0 Å². The molecule has 0 aromatic rings. The van der Waals surface area contributed by atoms with Crippen LogP contribution in [0.2, 0.25) is 0 Å². The monoisotopic (exact) mass is 241 g/mol. The maximum atomic E-state index is 3.65. The van der Waals surface area contributed by atoms with Crippen molar-refractivity contribution in [3.8, 4) is 0 Å². The molecule has 3 heteroatoms. The number of hydrogen-bond acceptors (Lipinski definition) is 3. The van der Waals surface area contributed by atoms with Crippen LogP contribution in [-0.4, -0.2) is 61.7 Å². The van der Waals surface area contributed by atoms with Crippen molar-refractivity contribution >= 4 is 0 Å². The van der Waals surface area contributed by atoms with Gasteiger partial charge >= 0.3 is 0 Å². The highest BCUT2D eigenvalue weighted by molar-refractivity contribution is 4.71. The molecule has 1 heterocycles. The average molecular weight is 241 g/mol. The maximum absolute atomic E-state index is 3.65. The number of likely N-dealkylation sites (N-methyl/N-ethyl adjacent to an activating group) is 1. The van der Waals surface area contributed by atoms with Gasteiger partial charge in [-0.2, -0.15) is 0 Å². The molecule has 1 rings (SSSR count). The molecule has 0 radical (unpaired) electrons. The fraction of sp³-hybridized carbons (Fsp3) is 1.00. The molecule has 1 atom stereocenters. The Morgan fingerprint density at radius 3 is 2.35 bits per heavy atom. The zero-order valence-electron chi connectivity index (χ0n) is 12.0. The quantitative estimate of drug-likeness (QED) is 0.699. The van der Waals surface area contributed by atoms with Crippen LogP contribution in [0.15, 0.2) is 0 Å². The predicted octanol–water partition coefficient (Wildman–Crippen LogP) is 1.79. The van der Waals surface area contributed by atoms with E-state index in [2.05, 4.69) is 35.9 Å². The topological polar surface area (TPSA) is 18.5 Å². The summed E-state index contributed by atoms with van der Waals surface area (Å²) in [4.78, 5) is 5.08. The molecule has 0 aliphatic carbocycles. The molecular formula is C14H31N3. The van der Waals surface area contributed by atoms with E-state index in [0.717, 1.165) is 6.54 Å². The van der Waals surface area contributed by atoms with Crippen LogP contribution in [0, 0.1) is 0 Å². The number of piperidine rings is 1. The van der Waals surface area contributed by atoms with Crippen molar-refractivity contribution in [2.24, 2.45) is 0 Å². The van der Waals surface area contributed by atoms with Crippen molar-refractivity contribution in [3.63, 3.8) is 0 Å². The molecule has 1 unspecified atom stereocenters. The van der Waals surface area contributed by atoms with Crippen LogP contribution in [0.4, 0.5) is 0 Å². The van der Waals surface area contributed by atoms with Crippen molar-refractivity contribution in [2.45, 2.75) is 46.1 Å². The van der Waals surface area contributed by atoms with Gasteiger partial charge in [0.2, 0.25) is 0 Å². The fourth-order valence-electron chi connectivity index (χ4n) is 2.60. The Kier molecular flexibility index (Phi) is 7.82. The van der Waals surface area contributed by atoms with E-state index in [9.17, 15) is 0 Å². The molecule has 0 aromatic heterocycles. The van der Waals surface area contributed by atoms with Crippen molar-refractivity contribution in [2.75, 3.05) is 45.8 Å². The average Bonchev–Trinajstić information content (AvgIpc) is 2.36. The molecule has 0 spiro atoms. The Morgan fingerprint density at radius 1 is 1.12 bits per heavy atom. The van der Waals surface area contributed by atoms with Crippen LogP contribution in [0.5, 0.6) is 0 Å². The molecule has 0 aromatic carbocycles. The second-order valence-electron chi connectivity index (χ2n) is 5.24. The van der Waals surface area contributed by atoms with E-state index in [1.54, 1.807) is 0 Å². The molecule has 0 bridgehead atoms. The molecule has 3 nitrogen and oxygen atoms in total. The normalized spacial score (nSPS) is 19.8. The smallest absolute Gasteiger partial charge is 0.0167 e. The molecule has 1 N–H and O–H groups in total. The van der Waals surface area contributed by atoms with Crippen molar-refractivity contribution < 1.29 is 0 Å². The molecule has 1 saturated heterocycles. The second-order valence-corrected chi connectivity index (χ2v) is 5.24. The van der Waals surface area contributed by atoms with Gasteiger partial charge in [0, 0.05) is 25.7 Å². The number of nitrogens with zero attached hydrogens (tertiary/aromatic N) is 2. The summed E-state index contributed by atoms with van der Waals surface area (Å²) in [5.41, 5.74) is 0. The Bertz CT molecular complexity index is 174. The standard InChI is InChI=1S/C14H31N3/c1-4-16(5-2)12-9-15-14(3)13-17-10-7-6-8-11-17/h14-15H,4-13H2,1-3H3.